The molecule has 10 N–H and O–H groups in total. The molecule has 0 fully saturated rings. The highest BCUT2D eigenvalue weighted by Crippen LogP contribution is 2.20. The Bertz CT molecular complexity index is 1110. The minimum absolute atomic E-state index is 0.398. The van der Waals surface area contributed by atoms with Crippen molar-refractivity contribution in [1.82, 2.24) is 29.9 Å². The molecule has 0 bridgehead atoms. The van der Waals surface area contributed by atoms with E-state index >= 15 is 0 Å². The highest BCUT2D eigenvalue weighted by molar-refractivity contribution is 6.61. The van der Waals surface area contributed by atoms with Gasteiger partial charge in [0.05, 0.1) is 0 Å². The first-order valence-electron chi connectivity index (χ1n) is 18.5. The molecule has 0 aliphatic carbocycles. The van der Waals surface area contributed by atoms with Gasteiger partial charge in [0.25, 0.3) is 0 Å². The normalized spacial score (nSPS) is 11.8. The quantitative estimate of drug-likeness (QED) is 0.0381. The van der Waals surface area contributed by atoms with Crippen LogP contribution in [-0.4, -0.2) is 140 Å². The summed E-state index contributed by atoms with van der Waals surface area (Å²) in [4.78, 5) is 27.1. The van der Waals surface area contributed by atoms with Gasteiger partial charge >= 0.3 is 17.6 Å². The van der Waals surface area contributed by atoms with Crippen molar-refractivity contribution in [2.75, 3.05) is 124 Å². The van der Waals surface area contributed by atoms with Gasteiger partial charge in [-0.3, -0.25) is 0 Å². The van der Waals surface area contributed by atoms with Crippen molar-refractivity contribution in [1.29, 1.82) is 0 Å². The SMILES string of the molecule is CCO[Si](CCCNc1nc(NCCN)nc(NCCNc2nc(NCCN)nc(NCCC[Si](OCC)(OCC)OCC)n2)n1)(OCC)OCC. The zero-order chi connectivity index (χ0) is 37.9. The van der Waals surface area contributed by atoms with Crippen molar-refractivity contribution >= 4 is 53.3 Å². The molecule has 2 rings (SSSR count). The number of hydrogen-bond acceptors (Lipinski definition) is 20. The number of aromatic nitrogens is 6. The Labute approximate surface area is 311 Å². The molecular formula is C30H64N14O6Si2. The Morgan fingerprint density at radius 1 is 0.385 bits per heavy atom. The number of rotatable bonds is 33. The fourth-order valence-electron chi connectivity index (χ4n) is 4.96. The molecule has 0 aliphatic heterocycles. The monoisotopic (exact) mass is 772 g/mol. The molecule has 0 spiro atoms. The third-order valence-corrected chi connectivity index (χ3v) is 13.2. The first-order chi connectivity index (χ1) is 25.3. The molecular weight excluding hydrogens is 709 g/mol. The molecule has 0 saturated heterocycles. The van der Waals surface area contributed by atoms with Gasteiger partial charge in [0, 0.05) is 104 Å². The van der Waals surface area contributed by atoms with E-state index in [-0.39, 0.29) is 0 Å². The van der Waals surface area contributed by atoms with Gasteiger partial charge in [-0.05, 0) is 54.4 Å². The highest BCUT2D eigenvalue weighted by Gasteiger charge is 2.40. The average molecular weight is 773 g/mol. The summed E-state index contributed by atoms with van der Waals surface area (Å²) in [6.45, 7) is 18.9. The third kappa shape index (κ3) is 17.2. The van der Waals surface area contributed by atoms with Crippen molar-refractivity contribution in [2.24, 2.45) is 11.5 Å². The predicted octanol–water partition coefficient (Wildman–Crippen LogP) is 2.02. The molecule has 0 atom stereocenters. The van der Waals surface area contributed by atoms with Crippen LogP contribution in [0.1, 0.15) is 54.4 Å². The Hall–Kier alpha value is -3.07. The molecule has 0 aliphatic rings. The van der Waals surface area contributed by atoms with Crippen LogP contribution in [0.2, 0.25) is 12.1 Å². The van der Waals surface area contributed by atoms with Gasteiger partial charge in [-0.15, -0.1) is 0 Å². The molecule has 22 heteroatoms. The van der Waals surface area contributed by atoms with E-state index in [0.29, 0.717) is 140 Å². The van der Waals surface area contributed by atoms with E-state index < -0.39 is 17.6 Å². The molecule has 2 heterocycles. The summed E-state index contributed by atoms with van der Waals surface area (Å²) in [7, 11) is -5.48. The van der Waals surface area contributed by atoms with Gasteiger partial charge in [-0.1, -0.05) is 0 Å². The smallest absolute Gasteiger partial charge is 0.374 e. The van der Waals surface area contributed by atoms with Gasteiger partial charge in [0.2, 0.25) is 35.7 Å². The van der Waals surface area contributed by atoms with Crippen molar-refractivity contribution < 1.29 is 26.6 Å². The van der Waals surface area contributed by atoms with Crippen LogP contribution in [0.25, 0.3) is 0 Å². The first kappa shape index (κ1) is 45.1. The fourth-order valence-corrected chi connectivity index (χ4v) is 10.2. The Morgan fingerprint density at radius 2 is 0.615 bits per heavy atom. The molecule has 2 aromatic rings. The van der Waals surface area contributed by atoms with E-state index in [1.807, 2.05) is 41.5 Å². The van der Waals surface area contributed by atoms with Gasteiger partial charge in [0.1, 0.15) is 0 Å². The largest absolute Gasteiger partial charge is 0.500 e. The average Bonchev–Trinajstić information content (AvgIpc) is 3.13. The zero-order valence-electron chi connectivity index (χ0n) is 32.0. The van der Waals surface area contributed by atoms with E-state index in [1.165, 1.54) is 0 Å². The van der Waals surface area contributed by atoms with Crippen LogP contribution in [-0.2, 0) is 26.6 Å². The van der Waals surface area contributed by atoms with Crippen LogP contribution in [0.5, 0.6) is 0 Å². The summed E-state index contributed by atoms with van der Waals surface area (Å²) in [6, 6.07) is 1.34. The van der Waals surface area contributed by atoms with E-state index in [2.05, 4.69) is 61.8 Å². The zero-order valence-corrected chi connectivity index (χ0v) is 34.0. The summed E-state index contributed by atoms with van der Waals surface area (Å²) in [5.74, 6) is 2.46. The topological polar surface area (TPSA) is 257 Å². The fraction of sp³-hybridized carbons (Fsp3) is 0.800. The minimum Gasteiger partial charge on any atom is -0.374 e. The van der Waals surface area contributed by atoms with Crippen LogP contribution in [0.4, 0.5) is 35.7 Å². The minimum atomic E-state index is -2.74. The van der Waals surface area contributed by atoms with Crippen LogP contribution in [0, 0.1) is 0 Å². The predicted molar refractivity (Wildman–Crippen MR) is 209 cm³/mol. The van der Waals surface area contributed by atoms with Gasteiger partial charge in [-0.25, -0.2) is 0 Å². The molecule has 0 unspecified atom stereocenters. The van der Waals surface area contributed by atoms with E-state index in [4.69, 9.17) is 38.0 Å². The lowest BCUT2D eigenvalue weighted by atomic mass is 10.5. The second-order valence-corrected chi connectivity index (χ2v) is 16.4. The second-order valence-electron chi connectivity index (χ2n) is 10.9. The molecule has 0 amide bonds. The number of hydrogen-bond donors (Lipinski definition) is 8. The van der Waals surface area contributed by atoms with E-state index in [9.17, 15) is 0 Å². The summed E-state index contributed by atoms with van der Waals surface area (Å²) >= 11 is 0. The first-order valence-corrected chi connectivity index (χ1v) is 22.4. The number of nitrogens with one attached hydrogen (secondary N) is 6. The summed E-state index contributed by atoms with van der Waals surface area (Å²) in [5, 5.41) is 19.3. The Morgan fingerprint density at radius 3 is 0.846 bits per heavy atom. The highest BCUT2D eigenvalue weighted by atomic mass is 28.4. The Kier molecular flexibility index (Phi) is 23.1. The lowest BCUT2D eigenvalue weighted by molar-refractivity contribution is 0.0702. The van der Waals surface area contributed by atoms with Crippen LogP contribution >= 0.6 is 0 Å². The molecule has 0 aromatic carbocycles. The molecule has 52 heavy (non-hydrogen) atoms. The van der Waals surface area contributed by atoms with Gasteiger partial charge in [0.15, 0.2) is 0 Å². The summed E-state index contributed by atoms with van der Waals surface area (Å²) < 4.78 is 35.8. The van der Waals surface area contributed by atoms with Gasteiger partial charge < -0.3 is 69.9 Å². The maximum absolute atomic E-state index is 5.97. The second kappa shape index (κ2) is 26.7. The molecule has 0 saturated carbocycles. The lowest BCUT2D eigenvalue weighted by Gasteiger charge is -2.28. The third-order valence-electron chi connectivity index (χ3n) is 6.89. The number of nitrogens with two attached hydrogens (primary N) is 2. The van der Waals surface area contributed by atoms with Crippen LogP contribution in [0.15, 0.2) is 0 Å². The van der Waals surface area contributed by atoms with Crippen molar-refractivity contribution in [3.8, 4) is 0 Å². The van der Waals surface area contributed by atoms with Crippen molar-refractivity contribution in [3.05, 3.63) is 0 Å². The van der Waals surface area contributed by atoms with Crippen molar-refractivity contribution in [3.63, 3.8) is 0 Å². The number of nitrogens with zero attached hydrogens (tertiary/aromatic N) is 6. The Balaban J connectivity index is 2.02. The molecule has 0 radical (unpaired) electrons. The van der Waals surface area contributed by atoms with Crippen molar-refractivity contribution in [2.45, 2.75) is 66.5 Å². The summed E-state index contributed by atoms with van der Waals surface area (Å²) in [5.41, 5.74) is 11.4. The van der Waals surface area contributed by atoms with E-state index in [1.54, 1.807) is 0 Å². The maximum atomic E-state index is 5.97. The molecule has 20 nitrogen and oxygen atoms in total. The lowest BCUT2D eigenvalue weighted by Crippen LogP contribution is -2.46. The van der Waals surface area contributed by atoms with E-state index in [0.717, 1.165) is 12.8 Å². The molecule has 2 aromatic heterocycles. The van der Waals surface area contributed by atoms with Crippen LogP contribution < -0.4 is 43.4 Å². The standard InChI is InChI=1S/C30H64N14O6Si2/c1-7-45-51(46-8-2,47-9-3)23-13-17-33-25-39-27(35-19-15-31)43-29(41-25)37-21-22-38-30-42-26(40-28(44-30)36-20-16-32)34-18-14-24-52(48-10-4,49-11-5)50-12-6/h7-24,31-32H2,1-6H3,(H3,33,35,37,39,41,43)(H3,34,36,38,40,42,44). The van der Waals surface area contributed by atoms with Crippen LogP contribution in [0.3, 0.4) is 0 Å². The summed E-state index contributed by atoms with van der Waals surface area (Å²) in [6.07, 6.45) is 1.49. The van der Waals surface area contributed by atoms with Gasteiger partial charge in [-0.2, -0.15) is 29.9 Å². The maximum Gasteiger partial charge on any atom is 0.500 e. The number of anilines is 6. The molecule has 298 valence electrons.